The topological polar surface area (TPSA) is 84.9 Å². The summed E-state index contributed by atoms with van der Waals surface area (Å²) >= 11 is 0. The van der Waals surface area contributed by atoms with Crippen LogP contribution >= 0.6 is 0 Å². The minimum Gasteiger partial charge on any atom is -0.487 e. The highest BCUT2D eigenvalue weighted by molar-refractivity contribution is 6.05. The normalized spacial score (nSPS) is 15.7. The van der Waals surface area contributed by atoms with Crippen molar-refractivity contribution in [3.8, 4) is 11.5 Å². The zero-order valence-electron chi connectivity index (χ0n) is 20.6. The number of carboxylic acid groups (broad SMARTS) is 1. The summed E-state index contributed by atoms with van der Waals surface area (Å²) in [5, 5.41) is 13.5. The third kappa shape index (κ3) is 6.00. The van der Waals surface area contributed by atoms with Crippen LogP contribution in [0.2, 0.25) is 0 Å². The Morgan fingerprint density at radius 2 is 1.71 bits per heavy atom. The fourth-order valence-corrected chi connectivity index (χ4v) is 5.15. The van der Waals surface area contributed by atoms with E-state index in [4.69, 9.17) is 4.74 Å². The maximum atomic E-state index is 14.2. The van der Waals surface area contributed by atoms with Crippen LogP contribution in [-0.2, 0) is 11.4 Å². The van der Waals surface area contributed by atoms with Crippen molar-refractivity contribution >= 4 is 22.6 Å². The van der Waals surface area contributed by atoms with Crippen LogP contribution in [0.5, 0.6) is 11.5 Å². The van der Waals surface area contributed by atoms with E-state index in [9.17, 15) is 32.3 Å². The second kappa shape index (κ2) is 10.9. The van der Waals surface area contributed by atoms with Gasteiger partial charge in [0, 0.05) is 10.8 Å². The van der Waals surface area contributed by atoms with E-state index in [1.54, 1.807) is 6.07 Å². The van der Waals surface area contributed by atoms with Gasteiger partial charge in [-0.15, -0.1) is 13.2 Å². The fraction of sp³-hybridized carbons (Fsp3) is 0.357. The van der Waals surface area contributed by atoms with Gasteiger partial charge >= 0.3 is 12.3 Å². The number of amides is 1. The molecule has 0 bridgehead atoms. The van der Waals surface area contributed by atoms with E-state index in [1.165, 1.54) is 36.4 Å². The van der Waals surface area contributed by atoms with Gasteiger partial charge in [0.15, 0.2) is 0 Å². The highest BCUT2D eigenvalue weighted by Gasteiger charge is 2.45. The van der Waals surface area contributed by atoms with E-state index >= 15 is 0 Å². The van der Waals surface area contributed by atoms with Gasteiger partial charge in [0.25, 0.3) is 5.91 Å². The lowest BCUT2D eigenvalue weighted by molar-refractivity contribution is -0.274. The minimum atomic E-state index is -4.82. The average Bonchev–Trinajstić information content (AvgIpc) is 3.35. The van der Waals surface area contributed by atoms with E-state index in [2.05, 4.69) is 10.1 Å². The minimum absolute atomic E-state index is 0.0237. The van der Waals surface area contributed by atoms with Gasteiger partial charge in [0.1, 0.15) is 30.0 Å². The number of benzene rings is 3. The summed E-state index contributed by atoms with van der Waals surface area (Å²) in [6.07, 6.45) is -1.11. The molecule has 1 unspecified atom stereocenters. The number of nitrogens with one attached hydrogen (secondary N) is 1. The average molecular weight is 534 g/mol. The van der Waals surface area contributed by atoms with Crippen molar-refractivity contribution in [1.29, 1.82) is 0 Å². The third-order valence-electron chi connectivity index (χ3n) is 7.16. The second-order valence-corrected chi connectivity index (χ2v) is 9.46. The Kier molecular flexibility index (Phi) is 7.80. The van der Waals surface area contributed by atoms with Crippen molar-refractivity contribution in [2.24, 2.45) is 5.41 Å². The lowest BCUT2D eigenvalue weighted by Crippen LogP contribution is -2.51. The molecule has 0 heterocycles. The first-order chi connectivity index (χ1) is 18.0. The van der Waals surface area contributed by atoms with Crippen LogP contribution in [0, 0.1) is 11.2 Å². The van der Waals surface area contributed by atoms with E-state index in [0.717, 1.165) is 25.0 Å². The van der Waals surface area contributed by atoms with Gasteiger partial charge in [-0.2, -0.15) is 0 Å². The Hall–Kier alpha value is -3.82. The molecular formula is C28H27F4NO5. The van der Waals surface area contributed by atoms with Crippen LogP contribution < -0.4 is 14.8 Å². The quantitative estimate of drug-likeness (QED) is 0.303. The van der Waals surface area contributed by atoms with Crippen molar-refractivity contribution < 1.29 is 41.7 Å². The molecule has 3 aromatic carbocycles. The number of rotatable bonds is 9. The molecule has 1 amide bonds. The van der Waals surface area contributed by atoms with Crippen molar-refractivity contribution in [2.75, 3.05) is 0 Å². The highest BCUT2D eigenvalue weighted by Crippen LogP contribution is 2.44. The van der Waals surface area contributed by atoms with Gasteiger partial charge in [-0.05, 0) is 60.5 Å². The van der Waals surface area contributed by atoms with Gasteiger partial charge in [-0.3, -0.25) is 4.79 Å². The summed E-state index contributed by atoms with van der Waals surface area (Å²) in [6, 6.07) is 11.0. The first-order valence-corrected chi connectivity index (χ1v) is 12.2. The molecule has 0 saturated heterocycles. The van der Waals surface area contributed by atoms with Gasteiger partial charge in [0.05, 0.1) is 5.56 Å². The highest BCUT2D eigenvalue weighted by atomic mass is 19.4. The molecule has 1 atom stereocenters. The molecule has 0 aromatic heterocycles. The van der Waals surface area contributed by atoms with Gasteiger partial charge in [-0.1, -0.05) is 44.0 Å². The van der Waals surface area contributed by atoms with Crippen LogP contribution in [0.1, 0.15) is 54.9 Å². The molecule has 0 radical (unpaired) electrons. The molecule has 2 N–H and O–H groups in total. The number of carbonyl (C=O) groups excluding carboxylic acids is 1. The van der Waals surface area contributed by atoms with Crippen LogP contribution in [0.4, 0.5) is 17.6 Å². The van der Waals surface area contributed by atoms with Gasteiger partial charge in [0.2, 0.25) is 0 Å². The SMILES string of the molecule is CCC1(C(NC(=O)c2ccc3ccc(F)cc3c2OCc2ccc(OC(F)(F)F)cc2)C(=O)O)CCCC1. The first kappa shape index (κ1) is 27.2. The zero-order valence-corrected chi connectivity index (χ0v) is 20.6. The van der Waals surface area contributed by atoms with E-state index in [1.807, 2.05) is 6.92 Å². The molecule has 202 valence electrons. The van der Waals surface area contributed by atoms with Crippen molar-refractivity contribution in [2.45, 2.75) is 58.0 Å². The number of carboxylic acids is 1. The van der Waals surface area contributed by atoms with E-state index in [-0.39, 0.29) is 17.9 Å². The standard InChI is InChI=1S/C28H27F4NO5/c1-2-27(13-3-4-14-27)24(26(35)36)33-25(34)21-12-8-18-7-9-19(29)15-22(18)23(21)37-16-17-5-10-20(11-6-17)38-28(30,31)32/h5-12,15,24H,2-4,13-14,16H2,1H3,(H,33,34)(H,35,36). The van der Waals surface area contributed by atoms with Crippen molar-refractivity contribution in [3.05, 3.63) is 71.5 Å². The Bertz CT molecular complexity index is 1320. The largest absolute Gasteiger partial charge is 0.573 e. The number of ether oxygens (including phenoxy) is 2. The number of halogens is 4. The summed E-state index contributed by atoms with van der Waals surface area (Å²) in [5.41, 5.74) is -0.0691. The number of carbonyl (C=O) groups is 2. The molecular weight excluding hydrogens is 506 g/mol. The first-order valence-electron chi connectivity index (χ1n) is 12.2. The van der Waals surface area contributed by atoms with Gasteiger partial charge < -0.3 is 19.9 Å². The molecule has 4 rings (SSSR count). The Morgan fingerprint density at radius 1 is 1.05 bits per heavy atom. The molecule has 6 nitrogen and oxygen atoms in total. The van der Waals surface area contributed by atoms with Crippen LogP contribution in [0.3, 0.4) is 0 Å². The molecule has 1 aliphatic rings. The second-order valence-electron chi connectivity index (χ2n) is 9.46. The summed E-state index contributed by atoms with van der Waals surface area (Å²) < 4.78 is 61.3. The lowest BCUT2D eigenvalue weighted by atomic mass is 9.76. The predicted molar refractivity (Wildman–Crippen MR) is 131 cm³/mol. The molecule has 0 aliphatic heterocycles. The summed E-state index contributed by atoms with van der Waals surface area (Å²) in [4.78, 5) is 25.6. The molecule has 0 spiro atoms. The fourth-order valence-electron chi connectivity index (χ4n) is 5.15. The van der Waals surface area contributed by atoms with Crippen LogP contribution in [0.15, 0.2) is 54.6 Å². The molecule has 3 aromatic rings. The number of aliphatic carboxylic acids is 1. The van der Waals surface area contributed by atoms with Crippen molar-refractivity contribution in [3.63, 3.8) is 0 Å². The van der Waals surface area contributed by atoms with Gasteiger partial charge in [-0.25, -0.2) is 9.18 Å². The lowest BCUT2D eigenvalue weighted by Gasteiger charge is -2.34. The molecule has 1 fully saturated rings. The maximum absolute atomic E-state index is 14.2. The number of fused-ring (bicyclic) bond motifs is 1. The predicted octanol–water partition coefficient (Wildman–Crippen LogP) is 6.61. The Balaban J connectivity index is 1.64. The number of alkyl halides is 3. The van der Waals surface area contributed by atoms with Crippen molar-refractivity contribution in [1.82, 2.24) is 5.32 Å². The number of hydrogen-bond acceptors (Lipinski definition) is 4. The third-order valence-corrected chi connectivity index (χ3v) is 7.16. The van der Waals surface area contributed by atoms with E-state index < -0.39 is 41.3 Å². The van der Waals surface area contributed by atoms with Crippen LogP contribution in [-0.4, -0.2) is 29.4 Å². The molecule has 1 saturated carbocycles. The summed E-state index contributed by atoms with van der Waals surface area (Å²) in [7, 11) is 0. The summed E-state index contributed by atoms with van der Waals surface area (Å²) in [5.74, 6) is -2.72. The molecule has 38 heavy (non-hydrogen) atoms. The zero-order chi connectivity index (χ0) is 27.5. The Morgan fingerprint density at radius 3 is 2.32 bits per heavy atom. The summed E-state index contributed by atoms with van der Waals surface area (Å²) in [6.45, 7) is 1.76. The monoisotopic (exact) mass is 533 g/mol. The van der Waals surface area contributed by atoms with E-state index in [0.29, 0.717) is 35.6 Å². The number of hydrogen-bond donors (Lipinski definition) is 2. The smallest absolute Gasteiger partial charge is 0.487 e. The van der Waals surface area contributed by atoms with Crippen LogP contribution in [0.25, 0.3) is 10.8 Å². The molecule has 10 heteroatoms. The Labute approximate surface area is 216 Å². The molecule has 1 aliphatic carbocycles. The maximum Gasteiger partial charge on any atom is 0.573 e.